The fourth-order valence-corrected chi connectivity index (χ4v) is 3.51. The number of piperazine rings is 1. The smallest absolute Gasteiger partial charge is 0.248 e. The first-order valence-corrected chi connectivity index (χ1v) is 11.0. The van der Waals surface area contributed by atoms with Crippen LogP contribution >= 0.6 is 23.2 Å². The Morgan fingerprint density at radius 1 is 0.967 bits per heavy atom. The van der Waals surface area contributed by atoms with Gasteiger partial charge in [-0.15, -0.1) is 5.06 Å². The maximum atomic E-state index is 11.5. The predicted octanol–water partition coefficient (Wildman–Crippen LogP) is 5.76. The first-order chi connectivity index (χ1) is 14.5. The van der Waals surface area contributed by atoms with Crippen LogP contribution in [0.15, 0.2) is 53.3 Å². The van der Waals surface area contributed by atoms with Crippen LogP contribution in [0.2, 0.25) is 10.0 Å². The number of rotatable bonds is 4. The second-order valence-electron chi connectivity index (χ2n) is 7.15. The molecule has 1 N–H and O–H groups in total. The Balaban J connectivity index is 0.000000589. The molecule has 0 radical (unpaired) electrons. The Hall–Kier alpha value is -2.21. The highest BCUT2D eigenvalue weighted by Gasteiger charge is 2.21. The van der Waals surface area contributed by atoms with E-state index in [0.29, 0.717) is 15.8 Å². The molecule has 0 spiro atoms. The van der Waals surface area contributed by atoms with Gasteiger partial charge in [0, 0.05) is 25.2 Å². The molecule has 0 aliphatic carbocycles. The molecule has 0 bridgehead atoms. The van der Waals surface area contributed by atoms with Crippen LogP contribution in [0.3, 0.4) is 0 Å². The molecule has 0 saturated carbocycles. The van der Waals surface area contributed by atoms with E-state index in [9.17, 15) is 4.79 Å². The van der Waals surface area contributed by atoms with Crippen LogP contribution in [0.4, 0.5) is 5.69 Å². The van der Waals surface area contributed by atoms with Crippen LogP contribution in [0.1, 0.15) is 26.7 Å². The summed E-state index contributed by atoms with van der Waals surface area (Å²) >= 11 is 12.4. The van der Waals surface area contributed by atoms with E-state index in [1.54, 1.807) is 12.1 Å². The van der Waals surface area contributed by atoms with Gasteiger partial charge in [0.05, 0.1) is 34.3 Å². The van der Waals surface area contributed by atoms with Crippen LogP contribution in [0.25, 0.3) is 10.9 Å². The molecule has 0 atom stereocenters. The Bertz CT molecular complexity index is 1030. The zero-order valence-corrected chi connectivity index (χ0v) is 18.8. The topological polar surface area (TPSA) is 48.6 Å². The van der Waals surface area contributed by atoms with Crippen molar-refractivity contribution in [2.75, 3.05) is 31.1 Å². The van der Waals surface area contributed by atoms with Crippen LogP contribution in [-0.2, 0) is 0 Å². The molecule has 1 saturated heterocycles. The average molecular weight is 448 g/mol. The Morgan fingerprint density at radius 3 is 2.37 bits per heavy atom. The van der Waals surface area contributed by atoms with Crippen LogP contribution in [0, 0.1) is 0 Å². The summed E-state index contributed by atoms with van der Waals surface area (Å²) in [6.45, 7) is 7.38. The minimum absolute atomic E-state index is 0.123. The number of aromatic nitrogens is 1. The summed E-state index contributed by atoms with van der Waals surface area (Å²) in [7, 11) is 0. The van der Waals surface area contributed by atoms with E-state index in [1.165, 1.54) is 18.9 Å². The van der Waals surface area contributed by atoms with E-state index < -0.39 is 0 Å². The second kappa shape index (κ2) is 10.7. The molecule has 30 heavy (non-hydrogen) atoms. The normalized spacial score (nSPS) is 14.3. The number of unbranched alkanes of at least 4 members (excludes halogenated alkanes) is 1. The van der Waals surface area contributed by atoms with Gasteiger partial charge in [-0.3, -0.25) is 4.79 Å². The molecule has 3 aromatic rings. The molecule has 4 rings (SSSR count). The Kier molecular flexibility index (Phi) is 8.02. The maximum absolute atomic E-state index is 11.5. The van der Waals surface area contributed by atoms with Gasteiger partial charge in [-0.2, -0.15) is 0 Å². The summed E-state index contributed by atoms with van der Waals surface area (Å²) in [5.41, 5.74) is 1.59. The van der Waals surface area contributed by atoms with Gasteiger partial charge < -0.3 is 14.7 Å². The Morgan fingerprint density at radius 2 is 1.67 bits per heavy atom. The number of halogens is 2. The van der Waals surface area contributed by atoms with E-state index in [4.69, 9.17) is 28.0 Å². The quantitative estimate of drug-likeness (QED) is 0.552. The van der Waals surface area contributed by atoms with E-state index >= 15 is 0 Å². The van der Waals surface area contributed by atoms with Gasteiger partial charge in [-0.05, 0) is 35.7 Å². The first-order valence-electron chi connectivity index (χ1n) is 10.3. The number of H-pyrrole nitrogens is 1. The molecule has 160 valence electrons. The second-order valence-corrected chi connectivity index (χ2v) is 7.94. The number of pyridine rings is 1. The highest BCUT2D eigenvalue weighted by atomic mass is 35.5. The van der Waals surface area contributed by atoms with E-state index in [-0.39, 0.29) is 5.56 Å². The van der Waals surface area contributed by atoms with Crippen LogP contribution in [0.5, 0.6) is 5.75 Å². The number of hydrogen-bond acceptors (Lipinski definition) is 4. The lowest BCUT2D eigenvalue weighted by molar-refractivity contribution is -0.0618. The summed E-state index contributed by atoms with van der Waals surface area (Å²) < 4.78 is 0. The minimum Gasteiger partial charge on any atom is -0.406 e. The van der Waals surface area contributed by atoms with Crippen molar-refractivity contribution in [1.29, 1.82) is 0 Å². The summed E-state index contributed by atoms with van der Waals surface area (Å²) in [6.07, 6.45) is 2.64. The number of hydroxylamine groups is 2. The van der Waals surface area contributed by atoms with Crippen molar-refractivity contribution in [3.63, 3.8) is 0 Å². The number of nitrogens with one attached hydrogen (secondary N) is 1. The third-order valence-electron chi connectivity index (χ3n) is 4.94. The molecule has 1 fully saturated rings. The summed E-state index contributed by atoms with van der Waals surface area (Å²) in [5, 5.41) is 4.03. The van der Waals surface area contributed by atoms with E-state index in [0.717, 1.165) is 42.8 Å². The Labute approximate surface area is 187 Å². The molecular formula is C23H27Cl2N3O2. The van der Waals surface area contributed by atoms with Gasteiger partial charge in [-0.1, -0.05) is 56.0 Å². The molecule has 1 aliphatic rings. The molecular weight excluding hydrogens is 421 g/mol. The average Bonchev–Trinajstić information content (AvgIpc) is 2.76. The molecule has 2 aromatic carbocycles. The lowest BCUT2D eigenvalue weighted by Gasteiger charge is -2.35. The number of nitrogens with zero attached hydrogens (tertiary/aromatic N) is 2. The highest BCUT2D eigenvalue weighted by molar-refractivity contribution is 6.43. The van der Waals surface area contributed by atoms with E-state index in [2.05, 4.69) is 23.7 Å². The largest absolute Gasteiger partial charge is 0.406 e. The zero-order valence-electron chi connectivity index (χ0n) is 17.3. The van der Waals surface area contributed by atoms with Crippen molar-refractivity contribution >= 4 is 39.8 Å². The van der Waals surface area contributed by atoms with Gasteiger partial charge >= 0.3 is 0 Å². The number of hydrogen-bond donors (Lipinski definition) is 1. The van der Waals surface area contributed by atoms with Crippen molar-refractivity contribution in [2.24, 2.45) is 0 Å². The zero-order chi connectivity index (χ0) is 21.5. The SMILES string of the molecule is CCCC.O=c1ccc2ccc(ON3CCN(c4cccc(Cl)c4Cl)CC3)cc2[nH]1. The van der Waals surface area contributed by atoms with Crippen molar-refractivity contribution in [3.05, 3.63) is 68.9 Å². The van der Waals surface area contributed by atoms with Crippen molar-refractivity contribution in [2.45, 2.75) is 26.7 Å². The van der Waals surface area contributed by atoms with Gasteiger partial charge in [0.15, 0.2) is 0 Å². The van der Waals surface area contributed by atoms with Gasteiger partial charge in [-0.25, -0.2) is 0 Å². The third kappa shape index (κ3) is 5.69. The third-order valence-corrected chi connectivity index (χ3v) is 5.75. The highest BCUT2D eigenvalue weighted by Crippen LogP contribution is 2.33. The number of fused-ring (bicyclic) bond motifs is 1. The van der Waals surface area contributed by atoms with Crippen molar-refractivity contribution in [1.82, 2.24) is 10.0 Å². The molecule has 0 amide bonds. The molecule has 7 heteroatoms. The van der Waals surface area contributed by atoms with E-state index in [1.807, 2.05) is 35.4 Å². The first kappa shape index (κ1) is 22.5. The molecule has 1 aliphatic heterocycles. The van der Waals surface area contributed by atoms with Crippen LogP contribution in [-0.4, -0.2) is 36.2 Å². The molecule has 5 nitrogen and oxygen atoms in total. The fraction of sp³-hybridized carbons (Fsp3) is 0.348. The monoisotopic (exact) mass is 447 g/mol. The van der Waals surface area contributed by atoms with Crippen molar-refractivity contribution in [3.8, 4) is 5.75 Å². The van der Waals surface area contributed by atoms with Crippen molar-refractivity contribution < 1.29 is 4.84 Å². The maximum Gasteiger partial charge on any atom is 0.248 e. The lowest BCUT2D eigenvalue weighted by Crippen LogP contribution is -2.47. The predicted molar refractivity (Wildman–Crippen MR) is 126 cm³/mol. The summed E-state index contributed by atoms with van der Waals surface area (Å²) in [4.78, 5) is 22.5. The standard InChI is InChI=1S/C19H17Cl2N3O2.C4H10/c20-15-2-1-3-17(19(15)21)23-8-10-24(11-9-23)26-14-6-4-13-5-7-18(25)22-16(13)12-14;1-3-4-2/h1-7,12H,8-11H2,(H,22,25);3-4H2,1-2H3. The lowest BCUT2D eigenvalue weighted by atomic mass is 10.2. The van der Waals surface area contributed by atoms with Gasteiger partial charge in [0.1, 0.15) is 5.75 Å². The summed E-state index contributed by atoms with van der Waals surface area (Å²) in [5.74, 6) is 0.702. The summed E-state index contributed by atoms with van der Waals surface area (Å²) in [6, 6.07) is 14.7. The number of benzene rings is 2. The number of aromatic amines is 1. The molecule has 1 aromatic heterocycles. The molecule has 0 unspecified atom stereocenters. The van der Waals surface area contributed by atoms with Gasteiger partial charge in [0.25, 0.3) is 0 Å². The fourth-order valence-electron chi connectivity index (χ4n) is 3.09. The number of anilines is 1. The van der Waals surface area contributed by atoms with Crippen LogP contribution < -0.4 is 15.3 Å². The molecule has 2 heterocycles. The van der Waals surface area contributed by atoms with Gasteiger partial charge in [0.2, 0.25) is 5.56 Å². The minimum atomic E-state index is -0.123.